The number of imide groups is 1. The van der Waals surface area contributed by atoms with Gasteiger partial charge in [0.1, 0.15) is 12.0 Å². The Hall–Kier alpha value is -2.50. The lowest BCUT2D eigenvalue weighted by molar-refractivity contribution is -0.141. The average Bonchev–Trinajstić information content (AvgIpc) is 3.09. The van der Waals surface area contributed by atoms with Crippen LogP contribution in [0.2, 0.25) is 5.02 Å². The predicted molar refractivity (Wildman–Crippen MR) is 111 cm³/mol. The van der Waals surface area contributed by atoms with Gasteiger partial charge in [0.15, 0.2) is 6.23 Å². The van der Waals surface area contributed by atoms with Crippen molar-refractivity contribution >= 4 is 23.4 Å². The second-order valence-corrected chi connectivity index (χ2v) is 8.49. The van der Waals surface area contributed by atoms with Gasteiger partial charge in [0, 0.05) is 25.1 Å². The summed E-state index contributed by atoms with van der Waals surface area (Å²) >= 11 is 5.53. The summed E-state index contributed by atoms with van der Waals surface area (Å²) < 4.78 is 42.6. The third kappa shape index (κ3) is 4.62. The molecule has 0 radical (unpaired) electrons. The average molecular weight is 484 g/mol. The van der Waals surface area contributed by atoms with Gasteiger partial charge >= 0.3 is 5.92 Å². The molecule has 2 aromatic carbocycles. The van der Waals surface area contributed by atoms with Gasteiger partial charge in [-0.25, -0.2) is 4.39 Å². The van der Waals surface area contributed by atoms with Crippen molar-refractivity contribution in [2.75, 3.05) is 0 Å². The molecule has 2 aliphatic heterocycles. The Morgan fingerprint density at radius 1 is 1.24 bits per heavy atom. The highest BCUT2D eigenvalue weighted by atomic mass is 35.5. The molecule has 0 saturated carbocycles. The van der Waals surface area contributed by atoms with Crippen molar-refractivity contribution in [3.05, 3.63) is 69.5 Å². The third-order valence-corrected chi connectivity index (χ3v) is 6.22. The molecular formula is C22H21ClF3N3O4. The van der Waals surface area contributed by atoms with E-state index in [1.54, 1.807) is 23.1 Å². The van der Waals surface area contributed by atoms with Crippen molar-refractivity contribution in [1.82, 2.24) is 15.5 Å². The molecule has 2 amide bonds. The number of hydrogen-bond acceptors (Lipinski definition) is 6. The van der Waals surface area contributed by atoms with E-state index in [4.69, 9.17) is 11.6 Å². The number of benzene rings is 2. The molecule has 0 spiro atoms. The zero-order valence-electron chi connectivity index (χ0n) is 17.2. The first-order valence-electron chi connectivity index (χ1n) is 10.2. The zero-order valence-corrected chi connectivity index (χ0v) is 18.0. The SMILES string of the molecule is O=C1CCC(N2Cc3cc(CNC(O)C(F)(F)c4ccc(Cl)c(F)c4)ccc3C2O)C(=O)N1. The van der Waals surface area contributed by atoms with Gasteiger partial charge in [0.2, 0.25) is 11.8 Å². The Balaban J connectivity index is 1.43. The van der Waals surface area contributed by atoms with E-state index in [-0.39, 0.29) is 36.9 Å². The molecule has 2 aliphatic rings. The fourth-order valence-corrected chi connectivity index (χ4v) is 4.22. The molecule has 2 heterocycles. The number of rotatable bonds is 6. The summed E-state index contributed by atoms with van der Waals surface area (Å²) in [7, 11) is 0. The summed E-state index contributed by atoms with van der Waals surface area (Å²) in [4.78, 5) is 25.1. The summed E-state index contributed by atoms with van der Waals surface area (Å²) in [6.45, 7) is 0.105. The first kappa shape index (κ1) is 23.7. The largest absolute Gasteiger partial charge is 0.374 e. The number of alkyl halides is 2. The summed E-state index contributed by atoms with van der Waals surface area (Å²) in [5.41, 5.74) is 1.11. The van der Waals surface area contributed by atoms with E-state index >= 15 is 0 Å². The van der Waals surface area contributed by atoms with Gasteiger partial charge in [-0.05, 0) is 35.2 Å². The van der Waals surface area contributed by atoms with Gasteiger partial charge in [0.05, 0.1) is 11.1 Å². The predicted octanol–water partition coefficient (Wildman–Crippen LogP) is 2.29. The van der Waals surface area contributed by atoms with E-state index in [0.717, 1.165) is 12.1 Å². The number of carbonyl (C=O) groups excluding carboxylic acids is 2. The number of aliphatic hydroxyl groups is 2. The fraction of sp³-hybridized carbons (Fsp3) is 0.364. The lowest BCUT2D eigenvalue weighted by Crippen LogP contribution is -2.51. The van der Waals surface area contributed by atoms with Crippen LogP contribution in [0.1, 0.15) is 41.3 Å². The first-order chi connectivity index (χ1) is 15.6. The molecular weight excluding hydrogens is 463 g/mol. The Kier molecular flexibility index (Phi) is 6.47. The van der Waals surface area contributed by atoms with Gasteiger partial charge < -0.3 is 10.2 Å². The molecule has 11 heteroatoms. The highest BCUT2D eigenvalue weighted by molar-refractivity contribution is 6.30. The van der Waals surface area contributed by atoms with Crippen LogP contribution in [0.3, 0.4) is 0 Å². The van der Waals surface area contributed by atoms with Crippen molar-refractivity contribution in [3.8, 4) is 0 Å². The first-order valence-corrected chi connectivity index (χ1v) is 10.6. The molecule has 4 rings (SSSR count). The van der Waals surface area contributed by atoms with Crippen molar-refractivity contribution in [3.63, 3.8) is 0 Å². The minimum atomic E-state index is -3.78. The maximum absolute atomic E-state index is 14.5. The molecule has 0 aliphatic carbocycles. The van der Waals surface area contributed by atoms with E-state index in [0.29, 0.717) is 22.8 Å². The van der Waals surface area contributed by atoms with Crippen molar-refractivity contribution in [2.24, 2.45) is 0 Å². The van der Waals surface area contributed by atoms with Crippen LogP contribution >= 0.6 is 11.6 Å². The fourth-order valence-electron chi connectivity index (χ4n) is 4.10. The quantitative estimate of drug-likeness (QED) is 0.371. The van der Waals surface area contributed by atoms with Crippen LogP contribution in [-0.2, 0) is 28.6 Å². The Bertz CT molecular complexity index is 1100. The molecule has 2 aromatic rings. The molecule has 3 unspecified atom stereocenters. The van der Waals surface area contributed by atoms with E-state index in [1.165, 1.54) is 0 Å². The number of nitrogens with one attached hydrogen (secondary N) is 2. The zero-order chi connectivity index (χ0) is 23.9. The van der Waals surface area contributed by atoms with E-state index in [1.807, 2.05) is 0 Å². The maximum Gasteiger partial charge on any atom is 0.311 e. The number of carbonyl (C=O) groups is 2. The third-order valence-electron chi connectivity index (χ3n) is 5.91. The molecule has 1 fully saturated rings. The lowest BCUT2D eigenvalue weighted by atomic mass is 10.0. The Labute approximate surface area is 192 Å². The summed E-state index contributed by atoms with van der Waals surface area (Å²) in [6, 6.07) is 6.77. The van der Waals surface area contributed by atoms with Crippen LogP contribution in [0.25, 0.3) is 0 Å². The lowest BCUT2D eigenvalue weighted by Gasteiger charge is -2.31. The van der Waals surface area contributed by atoms with Gasteiger partial charge in [-0.1, -0.05) is 35.9 Å². The van der Waals surface area contributed by atoms with E-state index in [9.17, 15) is 33.0 Å². The van der Waals surface area contributed by atoms with Gasteiger partial charge in [-0.3, -0.25) is 25.1 Å². The minimum absolute atomic E-state index is 0.130. The Morgan fingerprint density at radius 3 is 2.70 bits per heavy atom. The Morgan fingerprint density at radius 2 is 2.00 bits per heavy atom. The van der Waals surface area contributed by atoms with Crippen LogP contribution in [0.5, 0.6) is 0 Å². The number of halogens is 4. The van der Waals surface area contributed by atoms with Crippen LogP contribution < -0.4 is 10.6 Å². The summed E-state index contributed by atoms with van der Waals surface area (Å²) in [6.07, 6.45) is -2.87. The number of amides is 2. The monoisotopic (exact) mass is 483 g/mol. The smallest absolute Gasteiger partial charge is 0.311 e. The van der Waals surface area contributed by atoms with Crippen molar-refractivity contribution in [2.45, 2.75) is 50.4 Å². The standard InChI is InChI=1S/C22H21ClF3N3O4/c23-15-4-2-13(8-16(15)24)22(25,26)21(33)27-9-11-1-3-14-12(7-11)10-29(20(14)32)17-5-6-18(30)28-19(17)31/h1-4,7-8,17,20-21,27,32-33H,5-6,9-10H2,(H,28,30,31). The van der Waals surface area contributed by atoms with Gasteiger partial charge in [-0.2, -0.15) is 8.78 Å². The molecule has 4 N–H and O–H groups in total. The number of aliphatic hydroxyl groups excluding tert-OH is 2. The molecule has 0 bridgehead atoms. The van der Waals surface area contributed by atoms with Crippen molar-refractivity contribution < 1.29 is 33.0 Å². The topological polar surface area (TPSA) is 102 Å². The van der Waals surface area contributed by atoms with Crippen LogP contribution in [0.4, 0.5) is 13.2 Å². The van der Waals surface area contributed by atoms with Crippen LogP contribution in [0.15, 0.2) is 36.4 Å². The molecule has 1 saturated heterocycles. The second kappa shape index (κ2) is 9.03. The summed E-state index contributed by atoms with van der Waals surface area (Å²) in [5, 5.41) is 24.9. The van der Waals surface area contributed by atoms with E-state index in [2.05, 4.69) is 10.6 Å². The molecule has 7 nitrogen and oxygen atoms in total. The summed E-state index contributed by atoms with van der Waals surface area (Å²) in [5.74, 6) is -5.61. The van der Waals surface area contributed by atoms with Gasteiger partial charge in [0.25, 0.3) is 0 Å². The second-order valence-electron chi connectivity index (χ2n) is 8.08. The van der Waals surface area contributed by atoms with E-state index < -0.39 is 41.7 Å². The highest BCUT2D eigenvalue weighted by Gasteiger charge is 2.41. The van der Waals surface area contributed by atoms with Gasteiger partial charge in [-0.15, -0.1) is 0 Å². The molecule has 176 valence electrons. The minimum Gasteiger partial charge on any atom is -0.374 e. The number of hydrogen-bond donors (Lipinski definition) is 4. The van der Waals surface area contributed by atoms with Crippen LogP contribution in [0, 0.1) is 5.82 Å². The number of nitrogens with zero attached hydrogens (tertiary/aromatic N) is 1. The number of piperidine rings is 1. The normalized spacial score (nSPS) is 22.2. The molecule has 3 atom stereocenters. The number of fused-ring (bicyclic) bond motifs is 1. The van der Waals surface area contributed by atoms with Crippen LogP contribution in [-0.4, -0.2) is 39.2 Å². The highest BCUT2D eigenvalue weighted by Crippen LogP contribution is 2.36. The molecule has 0 aromatic heterocycles. The maximum atomic E-state index is 14.5. The molecule has 33 heavy (non-hydrogen) atoms. The van der Waals surface area contributed by atoms with Crippen molar-refractivity contribution in [1.29, 1.82) is 0 Å².